The molecule has 1 atom stereocenters. The molecular weight excluding hydrogens is 146 g/mol. The smallest absolute Gasteiger partial charge is 0.230 e. The summed E-state index contributed by atoms with van der Waals surface area (Å²) in [6.07, 6.45) is 2.77. The van der Waals surface area contributed by atoms with E-state index in [0.29, 0.717) is 0 Å². The molecule has 0 heterocycles. The van der Waals surface area contributed by atoms with E-state index >= 15 is 0 Å². The second-order valence-corrected chi connectivity index (χ2v) is 3.44. The van der Waals surface area contributed by atoms with E-state index in [1.165, 1.54) is 0 Å². The van der Waals surface area contributed by atoms with Crippen LogP contribution >= 0.6 is 11.8 Å². The molecule has 0 rings (SSSR count). The first-order valence-electron chi connectivity index (χ1n) is 3.20. The third-order valence-corrected chi connectivity index (χ3v) is 2.29. The molecule has 0 aliphatic rings. The number of hydrogen-bond donors (Lipinski definition) is 1. The van der Waals surface area contributed by atoms with Gasteiger partial charge in [0.2, 0.25) is 5.91 Å². The third kappa shape index (κ3) is 4.44. The summed E-state index contributed by atoms with van der Waals surface area (Å²) in [6, 6.07) is 0. The van der Waals surface area contributed by atoms with Crippen molar-refractivity contribution in [2.75, 3.05) is 5.75 Å². The van der Waals surface area contributed by atoms with Crippen molar-refractivity contribution in [3.05, 3.63) is 12.7 Å². The van der Waals surface area contributed by atoms with Crippen LogP contribution < -0.4 is 5.73 Å². The largest absolute Gasteiger partial charge is 0.369 e. The average molecular weight is 159 g/mol. The molecule has 0 aliphatic heterocycles. The lowest BCUT2D eigenvalue weighted by molar-refractivity contribution is -0.117. The van der Waals surface area contributed by atoms with Gasteiger partial charge < -0.3 is 5.73 Å². The molecule has 1 amide bonds. The van der Waals surface area contributed by atoms with Crippen LogP contribution in [0, 0.1) is 0 Å². The molecular formula is C7H13NOS. The molecule has 0 aromatic heterocycles. The van der Waals surface area contributed by atoms with E-state index in [0.717, 1.165) is 12.2 Å². The zero-order valence-corrected chi connectivity index (χ0v) is 6.99. The van der Waals surface area contributed by atoms with Gasteiger partial charge in [-0.1, -0.05) is 6.08 Å². The van der Waals surface area contributed by atoms with Crippen LogP contribution in [0.1, 0.15) is 13.3 Å². The fourth-order valence-electron chi connectivity index (χ4n) is 0.410. The number of carbonyl (C=O) groups is 1. The van der Waals surface area contributed by atoms with Crippen molar-refractivity contribution in [2.24, 2.45) is 5.73 Å². The highest BCUT2D eigenvalue weighted by atomic mass is 32.2. The van der Waals surface area contributed by atoms with Crippen LogP contribution in [0.25, 0.3) is 0 Å². The van der Waals surface area contributed by atoms with Crippen LogP contribution in [0.3, 0.4) is 0 Å². The number of nitrogens with two attached hydrogens (primary N) is 1. The Morgan fingerprint density at radius 2 is 2.50 bits per heavy atom. The summed E-state index contributed by atoms with van der Waals surface area (Å²) in [7, 11) is 0. The minimum Gasteiger partial charge on any atom is -0.369 e. The molecule has 0 bridgehead atoms. The molecule has 2 N–H and O–H groups in total. The highest BCUT2D eigenvalue weighted by Crippen LogP contribution is 2.10. The predicted molar refractivity (Wildman–Crippen MR) is 45.9 cm³/mol. The molecule has 3 heteroatoms. The first kappa shape index (κ1) is 9.56. The minimum absolute atomic E-state index is 0.0695. The van der Waals surface area contributed by atoms with Gasteiger partial charge in [0.25, 0.3) is 0 Å². The van der Waals surface area contributed by atoms with Gasteiger partial charge in [0, 0.05) is 0 Å². The fourth-order valence-corrected chi connectivity index (χ4v) is 1.23. The van der Waals surface area contributed by atoms with Crippen LogP contribution in [-0.4, -0.2) is 16.9 Å². The summed E-state index contributed by atoms with van der Waals surface area (Å²) >= 11 is 1.56. The molecule has 10 heavy (non-hydrogen) atoms. The average Bonchev–Trinajstić information content (AvgIpc) is 1.88. The number of carbonyl (C=O) groups excluding carboxylic acids is 1. The maximum absolute atomic E-state index is 10.5. The molecule has 0 aromatic rings. The van der Waals surface area contributed by atoms with Crippen LogP contribution in [0.4, 0.5) is 0 Å². The number of hydrogen-bond acceptors (Lipinski definition) is 2. The Hall–Kier alpha value is -0.440. The molecule has 0 spiro atoms. The summed E-state index contributed by atoms with van der Waals surface area (Å²) in [5.74, 6) is 0.683. The highest BCUT2D eigenvalue weighted by Gasteiger charge is 2.06. The van der Waals surface area contributed by atoms with E-state index in [2.05, 4.69) is 6.58 Å². The molecule has 0 radical (unpaired) electrons. The lowest BCUT2D eigenvalue weighted by Crippen LogP contribution is -2.22. The molecule has 58 valence electrons. The summed E-state index contributed by atoms with van der Waals surface area (Å²) in [5, 5.41) is -0.0695. The summed E-state index contributed by atoms with van der Waals surface area (Å²) in [5.41, 5.74) is 5.03. The van der Waals surface area contributed by atoms with Crippen LogP contribution in [0.2, 0.25) is 0 Å². The second-order valence-electron chi connectivity index (χ2n) is 1.99. The normalized spacial score (nSPS) is 12.5. The molecule has 0 aliphatic carbocycles. The number of allylic oxidation sites excluding steroid dienone is 1. The number of rotatable bonds is 5. The Morgan fingerprint density at radius 3 is 2.90 bits per heavy atom. The van der Waals surface area contributed by atoms with E-state index in [-0.39, 0.29) is 11.2 Å². The quantitative estimate of drug-likeness (QED) is 0.483. The van der Waals surface area contributed by atoms with Gasteiger partial charge in [0.1, 0.15) is 0 Å². The minimum atomic E-state index is -0.242. The van der Waals surface area contributed by atoms with E-state index in [1.807, 2.05) is 13.0 Å². The maximum atomic E-state index is 10.5. The van der Waals surface area contributed by atoms with Crippen molar-refractivity contribution in [1.82, 2.24) is 0 Å². The van der Waals surface area contributed by atoms with Crippen LogP contribution in [0.15, 0.2) is 12.7 Å². The van der Waals surface area contributed by atoms with Gasteiger partial charge >= 0.3 is 0 Å². The van der Waals surface area contributed by atoms with Gasteiger partial charge in [-0.2, -0.15) is 0 Å². The molecule has 0 aromatic carbocycles. The lowest BCUT2D eigenvalue weighted by atomic mass is 10.5. The maximum Gasteiger partial charge on any atom is 0.230 e. The monoisotopic (exact) mass is 159 g/mol. The Morgan fingerprint density at radius 1 is 1.90 bits per heavy atom. The van der Waals surface area contributed by atoms with Crippen molar-refractivity contribution < 1.29 is 4.79 Å². The lowest BCUT2D eigenvalue weighted by Gasteiger charge is -2.03. The number of amides is 1. The van der Waals surface area contributed by atoms with Crippen molar-refractivity contribution in [3.63, 3.8) is 0 Å². The number of primary amides is 1. The second kappa shape index (κ2) is 5.35. The van der Waals surface area contributed by atoms with E-state index in [4.69, 9.17) is 5.73 Å². The zero-order chi connectivity index (χ0) is 7.98. The zero-order valence-electron chi connectivity index (χ0n) is 6.17. The van der Waals surface area contributed by atoms with Gasteiger partial charge in [0.15, 0.2) is 0 Å². The van der Waals surface area contributed by atoms with Gasteiger partial charge in [-0.25, -0.2) is 0 Å². The van der Waals surface area contributed by atoms with E-state index in [9.17, 15) is 4.79 Å². The first-order valence-corrected chi connectivity index (χ1v) is 4.25. The number of thioether (sulfide) groups is 1. The SMILES string of the molecule is C=CCCSC(C)C(N)=O. The molecule has 1 unspecified atom stereocenters. The summed E-state index contributed by atoms with van der Waals surface area (Å²) < 4.78 is 0. The molecule has 0 saturated carbocycles. The predicted octanol–water partition coefficient (Wildman–Crippen LogP) is 1.17. The Balaban J connectivity index is 3.30. The van der Waals surface area contributed by atoms with Gasteiger partial charge in [-0.3, -0.25) is 4.79 Å². The molecule has 0 saturated heterocycles. The van der Waals surface area contributed by atoms with E-state index in [1.54, 1.807) is 11.8 Å². The third-order valence-electron chi connectivity index (χ3n) is 1.09. The Labute approximate surface area is 65.9 Å². The van der Waals surface area contributed by atoms with Gasteiger partial charge in [-0.15, -0.1) is 18.3 Å². The van der Waals surface area contributed by atoms with Crippen LogP contribution in [-0.2, 0) is 4.79 Å². The van der Waals surface area contributed by atoms with Crippen molar-refractivity contribution in [1.29, 1.82) is 0 Å². The van der Waals surface area contributed by atoms with Gasteiger partial charge in [-0.05, 0) is 19.1 Å². The first-order chi connectivity index (χ1) is 4.68. The molecule has 0 fully saturated rings. The highest BCUT2D eigenvalue weighted by molar-refractivity contribution is 8.00. The molecule has 2 nitrogen and oxygen atoms in total. The van der Waals surface area contributed by atoms with Crippen molar-refractivity contribution >= 4 is 17.7 Å². The Kier molecular flexibility index (Phi) is 5.12. The fraction of sp³-hybridized carbons (Fsp3) is 0.571. The summed E-state index contributed by atoms with van der Waals surface area (Å²) in [4.78, 5) is 10.5. The topological polar surface area (TPSA) is 43.1 Å². The van der Waals surface area contributed by atoms with Gasteiger partial charge in [0.05, 0.1) is 5.25 Å². The Bertz CT molecular complexity index is 125. The summed E-state index contributed by atoms with van der Waals surface area (Å²) in [6.45, 7) is 5.39. The van der Waals surface area contributed by atoms with Crippen LogP contribution in [0.5, 0.6) is 0 Å². The van der Waals surface area contributed by atoms with E-state index < -0.39 is 0 Å². The van der Waals surface area contributed by atoms with Crippen molar-refractivity contribution in [2.45, 2.75) is 18.6 Å². The van der Waals surface area contributed by atoms with Crippen molar-refractivity contribution in [3.8, 4) is 0 Å². The standard InChI is InChI=1S/C7H13NOS/c1-3-4-5-10-6(2)7(8)9/h3,6H,1,4-5H2,2H3,(H2,8,9).